The summed E-state index contributed by atoms with van der Waals surface area (Å²) in [5, 5.41) is 1.02. The van der Waals surface area contributed by atoms with Gasteiger partial charge in [0.2, 0.25) is 0 Å². The number of likely N-dealkylation sites (tertiary alicyclic amines) is 1. The summed E-state index contributed by atoms with van der Waals surface area (Å²) in [5.41, 5.74) is 3.77. The summed E-state index contributed by atoms with van der Waals surface area (Å²) >= 11 is 0. The average molecular weight is 415 g/mol. The Bertz CT molecular complexity index is 1210. The van der Waals surface area contributed by atoms with Crippen molar-refractivity contribution in [2.24, 2.45) is 0 Å². The minimum atomic E-state index is 0.0141. The van der Waals surface area contributed by atoms with Crippen molar-refractivity contribution in [3.63, 3.8) is 0 Å². The van der Waals surface area contributed by atoms with Gasteiger partial charge in [0.15, 0.2) is 23.0 Å². The second-order valence-electron chi connectivity index (χ2n) is 8.56. The van der Waals surface area contributed by atoms with E-state index >= 15 is 0 Å². The summed E-state index contributed by atoms with van der Waals surface area (Å²) in [7, 11) is 0. The van der Waals surface area contributed by atoms with Crippen molar-refractivity contribution in [1.82, 2.24) is 14.9 Å². The highest BCUT2D eigenvalue weighted by atomic mass is 16.6. The molecule has 1 atom stereocenters. The van der Waals surface area contributed by atoms with Crippen molar-refractivity contribution in [2.45, 2.75) is 31.8 Å². The predicted molar refractivity (Wildman–Crippen MR) is 119 cm³/mol. The summed E-state index contributed by atoms with van der Waals surface area (Å²) in [6, 6.07) is 16.1. The molecule has 31 heavy (non-hydrogen) atoms. The minimum Gasteiger partial charge on any atom is -0.486 e. The molecule has 0 N–H and O–H groups in total. The molecule has 158 valence electrons. The zero-order valence-corrected chi connectivity index (χ0v) is 17.6. The van der Waals surface area contributed by atoms with Crippen LogP contribution in [0.25, 0.3) is 22.0 Å². The van der Waals surface area contributed by atoms with Crippen LogP contribution >= 0.6 is 0 Å². The van der Waals surface area contributed by atoms with Gasteiger partial charge in [0, 0.05) is 23.5 Å². The molecule has 0 saturated carbocycles. The maximum atomic E-state index is 6.40. The van der Waals surface area contributed by atoms with Crippen LogP contribution < -0.4 is 9.47 Å². The van der Waals surface area contributed by atoms with Gasteiger partial charge in [-0.2, -0.15) is 0 Å². The highest BCUT2D eigenvalue weighted by molar-refractivity contribution is 5.88. The number of pyridine rings is 1. The van der Waals surface area contributed by atoms with E-state index in [4.69, 9.17) is 18.9 Å². The molecule has 6 heteroatoms. The van der Waals surface area contributed by atoms with Crippen molar-refractivity contribution in [3.05, 3.63) is 60.1 Å². The molecule has 1 unspecified atom stereocenters. The number of nitrogens with zero attached hydrogens (tertiary/aromatic N) is 3. The van der Waals surface area contributed by atoms with Crippen LogP contribution in [0.1, 0.15) is 30.3 Å². The van der Waals surface area contributed by atoms with Gasteiger partial charge in [0.05, 0.1) is 5.52 Å². The van der Waals surface area contributed by atoms with Gasteiger partial charge in [-0.1, -0.05) is 12.1 Å². The third-order valence-corrected chi connectivity index (χ3v) is 6.34. The number of oxazole rings is 1. The summed E-state index contributed by atoms with van der Waals surface area (Å²) in [5.74, 6) is 2.89. The first-order valence-corrected chi connectivity index (χ1v) is 11.0. The lowest BCUT2D eigenvalue weighted by molar-refractivity contribution is 0.0519. The molecule has 0 bridgehead atoms. The van der Waals surface area contributed by atoms with Gasteiger partial charge in [-0.3, -0.25) is 9.88 Å². The Morgan fingerprint density at radius 1 is 0.968 bits per heavy atom. The molecule has 2 aromatic heterocycles. The van der Waals surface area contributed by atoms with Crippen LogP contribution in [-0.2, 0) is 0 Å². The van der Waals surface area contributed by atoms with Crippen LogP contribution in [0.15, 0.2) is 52.9 Å². The molecule has 1 saturated heterocycles. The summed E-state index contributed by atoms with van der Waals surface area (Å²) in [6.45, 7) is 5.45. The molecule has 4 aromatic rings. The highest BCUT2D eigenvalue weighted by Gasteiger charge is 2.29. The molecule has 0 amide bonds. The fraction of sp³-hybridized carbons (Fsp3) is 0.360. The van der Waals surface area contributed by atoms with Crippen LogP contribution in [0.2, 0.25) is 0 Å². The molecule has 0 radical (unpaired) electrons. The van der Waals surface area contributed by atoms with Crippen molar-refractivity contribution < 1.29 is 13.9 Å². The predicted octanol–water partition coefficient (Wildman–Crippen LogP) is 4.70. The fourth-order valence-corrected chi connectivity index (χ4v) is 4.68. The van der Waals surface area contributed by atoms with Crippen LogP contribution in [0, 0.1) is 6.92 Å². The van der Waals surface area contributed by atoms with Gasteiger partial charge >= 0.3 is 0 Å². The number of hydrogen-bond acceptors (Lipinski definition) is 6. The summed E-state index contributed by atoms with van der Waals surface area (Å²) < 4.78 is 18.4. The van der Waals surface area contributed by atoms with Gasteiger partial charge in [-0.05, 0) is 69.3 Å². The number of rotatable bonds is 3. The molecule has 0 aliphatic carbocycles. The van der Waals surface area contributed by atoms with E-state index in [9.17, 15) is 0 Å². The van der Waals surface area contributed by atoms with E-state index in [1.165, 1.54) is 0 Å². The van der Waals surface area contributed by atoms with Crippen molar-refractivity contribution in [3.8, 4) is 11.5 Å². The topological polar surface area (TPSA) is 60.6 Å². The maximum Gasteiger partial charge on any atom is 0.198 e. The quantitative estimate of drug-likeness (QED) is 0.483. The lowest BCUT2D eigenvalue weighted by Gasteiger charge is -2.35. The van der Waals surface area contributed by atoms with E-state index in [2.05, 4.69) is 16.0 Å². The Morgan fingerprint density at radius 2 is 1.84 bits per heavy atom. The van der Waals surface area contributed by atoms with Crippen LogP contribution in [0.4, 0.5) is 0 Å². The van der Waals surface area contributed by atoms with Gasteiger partial charge in [0.1, 0.15) is 18.2 Å². The normalized spacial score (nSPS) is 19.8. The summed E-state index contributed by atoms with van der Waals surface area (Å²) in [4.78, 5) is 11.8. The summed E-state index contributed by atoms with van der Waals surface area (Å²) in [6.07, 6.45) is 2.10. The standard InChI is InChI=1S/C25H25N3O3/c1-16-6-7-19-20(26-16)8-9-23-24(19)30-18(15-29-23)14-28-12-10-17(11-13-28)25-27-21-4-2-3-5-22(21)31-25/h2-9,17-18H,10-15H2,1H3. The number of aryl methyl sites for hydroxylation is 1. The van der Waals surface area contributed by atoms with Gasteiger partial charge < -0.3 is 13.9 Å². The molecule has 6 nitrogen and oxygen atoms in total. The van der Waals surface area contributed by atoms with E-state index in [0.29, 0.717) is 12.5 Å². The Kier molecular flexibility index (Phi) is 4.53. The Morgan fingerprint density at radius 3 is 2.71 bits per heavy atom. The monoisotopic (exact) mass is 415 g/mol. The third-order valence-electron chi connectivity index (χ3n) is 6.34. The number of aromatic nitrogens is 2. The van der Waals surface area contributed by atoms with Crippen LogP contribution in [0.3, 0.4) is 0 Å². The van der Waals surface area contributed by atoms with E-state index in [1.54, 1.807) is 0 Å². The lowest BCUT2D eigenvalue weighted by Crippen LogP contribution is -2.44. The van der Waals surface area contributed by atoms with Gasteiger partial charge in [0.25, 0.3) is 0 Å². The smallest absolute Gasteiger partial charge is 0.198 e. The van der Waals surface area contributed by atoms with Crippen molar-refractivity contribution in [1.29, 1.82) is 0 Å². The highest BCUT2D eigenvalue weighted by Crippen LogP contribution is 2.39. The molecule has 2 aromatic carbocycles. The van der Waals surface area contributed by atoms with Crippen molar-refractivity contribution >= 4 is 22.0 Å². The molecular formula is C25H25N3O3. The van der Waals surface area contributed by atoms with E-state index in [0.717, 1.165) is 77.6 Å². The van der Waals surface area contributed by atoms with E-state index < -0.39 is 0 Å². The number of benzene rings is 2. The SMILES string of the molecule is Cc1ccc2c3c(ccc2n1)OCC(CN1CCC(c2nc4ccccc4o2)CC1)O3. The molecule has 0 spiro atoms. The van der Waals surface area contributed by atoms with Crippen molar-refractivity contribution in [2.75, 3.05) is 26.2 Å². The first-order chi connectivity index (χ1) is 15.2. The van der Waals surface area contributed by atoms with Crippen LogP contribution in [-0.4, -0.2) is 47.2 Å². The first kappa shape index (κ1) is 18.6. The first-order valence-electron chi connectivity index (χ1n) is 11.0. The largest absolute Gasteiger partial charge is 0.486 e. The third kappa shape index (κ3) is 3.51. The van der Waals surface area contributed by atoms with Gasteiger partial charge in [-0.25, -0.2) is 4.98 Å². The Labute approximate surface area is 180 Å². The number of piperidine rings is 1. The molecule has 6 rings (SSSR count). The zero-order chi connectivity index (χ0) is 20.8. The Hall–Kier alpha value is -3.12. The molecule has 2 aliphatic heterocycles. The van der Waals surface area contributed by atoms with E-state index in [-0.39, 0.29) is 6.10 Å². The second kappa shape index (κ2) is 7.54. The average Bonchev–Trinajstić information content (AvgIpc) is 3.23. The Balaban J connectivity index is 1.12. The molecule has 1 fully saturated rings. The van der Waals surface area contributed by atoms with E-state index in [1.807, 2.05) is 49.4 Å². The van der Waals surface area contributed by atoms with Gasteiger partial charge in [-0.15, -0.1) is 0 Å². The number of hydrogen-bond donors (Lipinski definition) is 0. The fourth-order valence-electron chi connectivity index (χ4n) is 4.68. The molecular weight excluding hydrogens is 390 g/mol. The second-order valence-corrected chi connectivity index (χ2v) is 8.56. The number of fused-ring (bicyclic) bond motifs is 4. The maximum absolute atomic E-state index is 6.40. The molecule has 4 heterocycles. The number of para-hydroxylation sites is 2. The zero-order valence-electron chi connectivity index (χ0n) is 17.6. The molecule has 2 aliphatic rings. The lowest BCUT2D eigenvalue weighted by atomic mass is 9.96. The number of ether oxygens (including phenoxy) is 2. The van der Waals surface area contributed by atoms with Crippen LogP contribution in [0.5, 0.6) is 11.5 Å². The minimum absolute atomic E-state index is 0.0141.